The summed E-state index contributed by atoms with van der Waals surface area (Å²) < 4.78 is 1.90. The fourth-order valence-electron chi connectivity index (χ4n) is 2.52. The standard InChI is InChI=1S/C17H27N5S.HI/c1-6-18-17(19-10-15-8-7-9-23-15)21(4)11-14-12-22(5)20-16(14)13(2)3;/h7-9,12-13H,6,10-11H2,1-5H3,(H,18,19);1H. The molecule has 2 aromatic heterocycles. The molecule has 2 aromatic rings. The van der Waals surface area contributed by atoms with Crippen molar-refractivity contribution in [2.24, 2.45) is 12.0 Å². The number of guanidine groups is 1. The first-order valence-corrected chi connectivity index (χ1v) is 8.93. The molecule has 7 heteroatoms. The SMILES string of the molecule is CCNC(=NCc1cccs1)N(C)Cc1cn(C)nc1C(C)C.I. The predicted molar refractivity (Wildman–Crippen MR) is 113 cm³/mol. The Morgan fingerprint density at radius 3 is 2.79 bits per heavy atom. The maximum Gasteiger partial charge on any atom is 0.194 e. The molecule has 0 aliphatic carbocycles. The number of halogens is 1. The molecule has 0 fully saturated rings. The van der Waals surface area contributed by atoms with Crippen LogP contribution in [-0.2, 0) is 20.1 Å². The summed E-state index contributed by atoms with van der Waals surface area (Å²) in [7, 11) is 4.05. The number of aryl methyl sites for hydroxylation is 1. The Balaban J connectivity index is 0.00000288. The normalized spacial score (nSPS) is 11.5. The fourth-order valence-corrected chi connectivity index (χ4v) is 3.15. The van der Waals surface area contributed by atoms with Crippen LogP contribution >= 0.6 is 35.3 Å². The largest absolute Gasteiger partial charge is 0.357 e. The van der Waals surface area contributed by atoms with Gasteiger partial charge in [-0.3, -0.25) is 4.68 Å². The molecule has 0 bridgehead atoms. The molecule has 0 saturated heterocycles. The van der Waals surface area contributed by atoms with Gasteiger partial charge < -0.3 is 10.2 Å². The van der Waals surface area contributed by atoms with E-state index in [-0.39, 0.29) is 24.0 Å². The van der Waals surface area contributed by atoms with Crippen LogP contribution in [0.25, 0.3) is 0 Å². The Hall–Kier alpha value is -1.09. The number of rotatable bonds is 6. The van der Waals surface area contributed by atoms with Crippen LogP contribution in [0.5, 0.6) is 0 Å². The van der Waals surface area contributed by atoms with Crippen molar-refractivity contribution in [3.05, 3.63) is 39.8 Å². The van der Waals surface area contributed by atoms with Gasteiger partial charge in [0.05, 0.1) is 12.2 Å². The smallest absolute Gasteiger partial charge is 0.194 e. The summed E-state index contributed by atoms with van der Waals surface area (Å²) in [5, 5.41) is 10.0. The second-order valence-corrected chi connectivity index (χ2v) is 7.01. The zero-order chi connectivity index (χ0) is 16.8. The lowest BCUT2D eigenvalue weighted by Gasteiger charge is -2.22. The van der Waals surface area contributed by atoms with Crippen LogP contribution in [0, 0.1) is 0 Å². The maximum absolute atomic E-state index is 4.75. The number of aliphatic imine (C=N–C) groups is 1. The van der Waals surface area contributed by atoms with Gasteiger partial charge in [0.2, 0.25) is 0 Å². The van der Waals surface area contributed by atoms with E-state index in [2.05, 4.69) is 66.8 Å². The lowest BCUT2D eigenvalue weighted by Crippen LogP contribution is -2.38. The Kier molecular flexibility index (Phi) is 8.75. The van der Waals surface area contributed by atoms with E-state index in [1.54, 1.807) is 11.3 Å². The lowest BCUT2D eigenvalue weighted by molar-refractivity contribution is 0.473. The topological polar surface area (TPSA) is 45.5 Å². The quantitative estimate of drug-likeness (QED) is 0.404. The Morgan fingerprint density at radius 2 is 2.21 bits per heavy atom. The van der Waals surface area contributed by atoms with Crippen molar-refractivity contribution in [1.29, 1.82) is 0 Å². The molecule has 1 N–H and O–H groups in total. The van der Waals surface area contributed by atoms with Crippen LogP contribution in [0.1, 0.15) is 42.8 Å². The van der Waals surface area contributed by atoms with Crippen LogP contribution in [0.2, 0.25) is 0 Å². The summed E-state index contributed by atoms with van der Waals surface area (Å²) in [5.74, 6) is 1.35. The molecular formula is C17H28IN5S. The van der Waals surface area contributed by atoms with Gasteiger partial charge in [-0.15, -0.1) is 35.3 Å². The lowest BCUT2D eigenvalue weighted by atomic mass is 10.1. The number of hydrogen-bond donors (Lipinski definition) is 1. The van der Waals surface area contributed by atoms with Crippen LogP contribution in [-0.4, -0.2) is 34.2 Å². The van der Waals surface area contributed by atoms with E-state index in [1.165, 1.54) is 10.4 Å². The number of thiophene rings is 1. The van der Waals surface area contributed by atoms with Crippen molar-refractivity contribution in [1.82, 2.24) is 20.0 Å². The zero-order valence-electron chi connectivity index (χ0n) is 15.1. The fraction of sp³-hybridized carbons (Fsp3) is 0.529. The summed E-state index contributed by atoms with van der Waals surface area (Å²) >= 11 is 1.74. The zero-order valence-corrected chi connectivity index (χ0v) is 18.3. The highest BCUT2D eigenvalue weighted by Gasteiger charge is 2.15. The molecule has 0 saturated carbocycles. The molecule has 2 rings (SSSR count). The van der Waals surface area contributed by atoms with Gasteiger partial charge in [0.1, 0.15) is 0 Å². The summed E-state index contributed by atoms with van der Waals surface area (Å²) in [4.78, 5) is 8.19. The Bertz CT molecular complexity index is 633. The van der Waals surface area contributed by atoms with E-state index in [4.69, 9.17) is 4.99 Å². The van der Waals surface area contributed by atoms with E-state index < -0.39 is 0 Å². The minimum Gasteiger partial charge on any atom is -0.357 e. The third kappa shape index (κ3) is 5.77. The van der Waals surface area contributed by atoms with E-state index >= 15 is 0 Å². The second kappa shape index (κ2) is 10.0. The Morgan fingerprint density at radius 1 is 1.46 bits per heavy atom. The van der Waals surface area contributed by atoms with Crippen molar-refractivity contribution in [3.63, 3.8) is 0 Å². The molecule has 0 radical (unpaired) electrons. The summed E-state index contributed by atoms with van der Waals surface area (Å²) in [6, 6.07) is 4.19. The van der Waals surface area contributed by atoms with Crippen molar-refractivity contribution in [2.45, 2.75) is 39.8 Å². The highest BCUT2D eigenvalue weighted by molar-refractivity contribution is 14.0. The van der Waals surface area contributed by atoms with Crippen LogP contribution in [0.15, 0.2) is 28.7 Å². The molecule has 0 aromatic carbocycles. The van der Waals surface area contributed by atoms with Gasteiger partial charge in [0.15, 0.2) is 5.96 Å². The van der Waals surface area contributed by atoms with E-state index in [9.17, 15) is 0 Å². The van der Waals surface area contributed by atoms with Gasteiger partial charge in [-0.2, -0.15) is 5.10 Å². The summed E-state index contributed by atoms with van der Waals surface area (Å²) in [6.07, 6.45) is 2.11. The molecule has 0 atom stereocenters. The molecule has 0 spiro atoms. The first kappa shape index (κ1) is 21.0. The van der Waals surface area contributed by atoms with Gasteiger partial charge in [-0.05, 0) is 24.3 Å². The van der Waals surface area contributed by atoms with Gasteiger partial charge in [-0.25, -0.2) is 4.99 Å². The highest BCUT2D eigenvalue weighted by atomic mass is 127. The second-order valence-electron chi connectivity index (χ2n) is 5.97. The van der Waals surface area contributed by atoms with E-state index in [0.717, 1.165) is 24.7 Å². The molecule has 0 aliphatic rings. The first-order valence-electron chi connectivity index (χ1n) is 8.05. The molecular weight excluding hydrogens is 433 g/mol. The first-order chi connectivity index (χ1) is 11.0. The van der Waals surface area contributed by atoms with Crippen LogP contribution < -0.4 is 5.32 Å². The van der Waals surface area contributed by atoms with Gasteiger partial charge >= 0.3 is 0 Å². The highest BCUT2D eigenvalue weighted by Crippen LogP contribution is 2.18. The summed E-state index contributed by atoms with van der Waals surface area (Å²) in [6.45, 7) is 8.84. The predicted octanol–water partition coefficient (Wildman–Crippen LogP) is 3.82. The number of aromatic nitrogens is 2. The average molecular weight is 461 g/mol. The van der Waals surface area contributed by atoms with Crippen molar-refractivity contribution in [2.75, 3.05) is 13.6 Å². The minimum absolute atomic E-state index is 0. The molecule has 134 valence electrons. The van der Waals surface area contributed by atoms with E-state index in [0.29, 0.717) is 12.5 Å². The van der Waals surface area contributed by atoms with Crippen molar-refractivity contribution >= 4 is 41.3 Å². The summed E-state index contributed by atoms with van der Waals surface area (Å²) in [5.41, 5.74) is 2.42. The number of nitrogens with zero attached hydrogens (tertiary/aromatic N) is 4. The maximum atomic E-state index is 4.75. The van der Waals surface area contributed by atoms with Crippen LogP contribution in [0.4, 0.5) is 0 Å². The molecule has 0 unspecified atom stereocenters. The van der Waals surface area contributed by atoms with E-state index in [1.807, 2.05) is 11.7 Å². The van der Waals surface area contributed by atoms with Crippen LogP contribution in [0.3, 0.4) is 0 Å². The Labute approximate surface area is 166 Å². The molecule has 0 aliphatic heterocycles. The van der Waals surface area contributed by atoms with Crippen molar-refractivity contribution in [3.8, 4) is 0 Å². The van der Waals surface area contributed by atoms with Gasteiger partial charge in [-0.1, -0.05) is 19.9 Å². The molecule has 0 amide bonds. The van der Waals surface area contributed by atoms with Gasteiger partial charge in [0, 0.05) is 43.8 Å². The van der Waals surface area contributed by atoms with Crippen molar-refractivity contribution < 1.29 is 0 Å². The van der Waals surface area contributed by atoms with Gasteiger partial charge in [0.25, 0.3) is 0 Å². The molecule has 5 nitrogen and oxygen atoms in total. The molecule has 24 heavy (non-hydrogen) atoms. The third-order valence-electron chi connectivity index (χ3n) is 3.55. The third-order valence-corrected chi connectivity index (χ3v) is 4.41. The average Bonchev–Trinajstić information content (AvgIpc) is 3.13. The number of hydrogen-bond acceptors (Lipinski definition) is 3. The minimum atomic E-state index is 0. The molecule has 2 heterocycles. The monoisotopic (exact) mass is 461 g/mol. The number of nitrogens with one attached hydrogen (secondary N) is 1.